The molecule has 9 nitrogen and oxygen atoms in total. The number of rotatable bonds is 11. The summed E-state index contributed by atoms with van der Waals surface area (Å²) in [6.45, 7) is 2.03. The number of nitrogens with zero attached hydrogens (tertiary/aromatic N) is 2. The average molecular weight is 588 g/mol. The first kappa shape index (κ1) is 29.2. The Hall–Kier alpha value is -4.28. The molecule has 0 saturated carbocycles. The van der Waals surface area contributed by atoms with E-state index in [2.05, 4.69) is 10.3 Å². The first-order valence-corrected chi connectivity index (χ1v) is 15.5. The summed E-state index contributed by atoms with van der Waals surface area (Å²) in [6, 6.07) is 18.9. The highest BCUT2D eigenvalue weighted by Gasteiger charge is 2.28. The predicted molar refractivity (Wildman–Crippen MR) is 157 cm³/mol. The van der Waals surface area contributed by atoms with Gasteiger partial charge in [-0.3, -0.25) is 9.59 Å². The Labute approximate surface area is 245 Å². The average Bonchev–Trinajstić information content (AvgIpc) is 3.50. The summed E-state index contributed by atoms with van der Waals surface area (Å²) in [6.07, 6.45) is 5.61. The molecule has 0 spiro atoms. The molecule has 4 aromatic rings. The number of sulfone groups is 1. The van der Waals surface area contributed by atoms with E-state index in [0.29, 0.717) is 48.2 Å². The van der Waals surface area contributed by atoms with Crippen molar-refractivity contribution < 1.29 is 27.9 Å². The van der Waals surface area contributed by atoms with Crippen molar-refractivity contribution in [1.82, 2.24) is 14.9 Å². The van der Waals surface area contributed by atoms with Gasteiger partial charge in [-0.25, -0.2) is 13.4 Å². The van der Waals surface area contributed by atoms with Crippen LogP contribution >= 0.6 is 0 Å². The van der Waals surface area contributed by atoms with Gasteiger partial charge in [0.15, 0.2) is 15.6 Å². The first-order chi connectivity index (χ1) is 20.2. The Kier molecular flexibility index (Phi) is 8.84. The molecule has 1 aliphatic rings. The Morgan fingerprint density at radius 2 is 1.90 bits per heavy atom. The van der Waals surface area contributed by atoms with Crippen LogP contribution in [-0.4, -0.2) is 47.4 Å². The minimum atomic E-state index is -3.96. The number of benzene rings is 3. The molecule has 0 bridgehead atoms. The molecule has 0 aliphatic heterocycles. The van der Waals surface area contributed by atoms with Crippen molar-refractivity contribution in [3.05, 3.63) is 113 Å². The van der Waals surface area contributed by atoms with Crippen LogP contribution in [0.5, 0.6) is 5.75 Å². The molecule has 1 aliphatic carbocycles. The molecule has 3 aromatic carbocycles. The Balaban J connectivity index is 1.52. The summed E-state index contributed by atoms with van der Waals surface area (Å²) in [4.78, 5) is 29.5. The molecule has 10 heteroatoms. The minimum Gasteiger partial charge on any atom is -0.484 e. The number of aliphatic hydroxyl groups excluding tert-OH is 1. The SMILES string of the molecule is C[C@H](O)CNC(=O)c1cccc(S(=O)(=O)Cc2c(O[C@H](Cn3ccnc3)c3ccccc3)ccc3c2CCCC3=O)c1. The van der Waals surface area contributed by atoms with E-state index >= 15 is 0 Å². The van der Waals surface area contributed by atoms with Crippen LogP contribution in [0.15, 0.2) is 90.3 Å². The second-order valence-electron chi connectivity index (χ2n) is 10.5. The second kappa shape index (κ2) is 12.7. The number of hydrogen-bond donors (Lipinski definition) is 2. The van der Waals surface area contributed by atoms with Crippen molar-refractivity contribution in [2.75, 3.05) is 6.54 Å². The maximum Gasteiger partial charge on any atom is 0.251 e. The topological polar surface area (TPSA) is 128 Å². The Bertz CT molecular complexity index is 1670. The largest absolute Gasteiger partial charge is 0.484 e. The predicted octanol–water partition coefficient (Wildman–Crippen LogP) is 4.31. The lowest BCUT2D eigenvalue weighted by Crippen LogP contribution is -2.30. The van der Waals surface area contributed by atoms with Gasteiger partial charge in [-0.05, 0) is 61.2 Å². The fraction of sp³-hybridized carbons (Fsp3) is 0.281. The van der Waals surface area contributed by atoms with Crippen molar-refractivity contribution in [3.8, 4) is 5.75 Å². The van der Waals surface area contributed by atoms with Crippen LogP contribution in [0.2, 0.25) is 0 Å². The molecule has 1 aromatic heterocycles. The molecular weight excluding hydrogens is 554 g/mol. The van der Waals surface area contributed by atoms with Crippen LogP contribution in [0.4, 0.5) is 0 Å². The van der Waals surface area contributed by atoms with E-state index in [1.54, 1.807) is 31.6 Å². The molecule has 218 valence electrons. The molecule has 0 fully saturated rings. The summed E-state index contributed by atoms with van der Waals surface area (Å²) in [7, 11) is -3.96. The van der Waals surface area contributed by atoms with Gasteiger partial charge in [0, 0.05) is 42.0 Å². The van der Waals surface area contributed by atoms with Gasteiger partial charge in [-0.2, -0.15) is 0 Å². The molecule has 2 N–H and O–H groups in total. The highest BCUT2D eigenvalue weighted by Crippen LogP contribution is 2.36. The summed E-state index contributed by atoms with van der Waals surface area (Å²) >= 11 is 0. The number of ketones is 1. The van der Waals surface area contributed by atoms with Gasteiger partial charge >= 0.3 is 0 Å². The molecule has 42 heavy (non-hydrogen) atoms. The van der Waals surface area contributed by atoms with E-state index in [-0.39, 0.29) is 22.8 Å². The third-order valence-corrected chi connectivity index (χ3v) is 8.88. The van der Waals surface area contributed by atoms with Gasteiger partial charge in [0.25, 0.3) is 5.91 Å². The number of hydrogen-bond acceptors (Lipinski definition) is 7. The van der Waals surface area contributed by atoms with E-state index in [4.69, 9.17) is 4.74 Å². The van der Waals surface area contributed by atoms with Crippen LogP contribution in [0.25, 0.3) is 0 Å². The number of aliphatic hydroxyl groups is 1. The van der Waals surface area contributed by atoms with Gasteiger partial charge in [-0.15, -0.1) is 0 Å². The van der Waals surface area contributed by atoms with Gasteiger partial charge in [0.2, 0.25) is 0 Å². The molecule has 0 radical (unpaired) electrons. The van der Waals surface area contributed by atoms with Crippen molar-refractivity contribution in [2.45, 2.75) is 55.6 Å². The van der Waals surface area contributed by atoms with Crippen molar-refractivity contribution in [1.29, 1.82) is 0 Å². The number of carbonyl (C=O) groups excluding carboxylic acids is 2. The molecule has 0 unspecified atom stereocenters. The highest BCUT2D eigenvalue weighted by atomic mass is 32.2. The summed E-state index contributed by atoms with van der Waals surface area (Å²) < 4.78 is 36.2. The molecule has 1 heterocycles. The number of ether oxygens (including phenoxy) is 1. The molecule has 1 amide bonds. The number of carbonyl (C=O) groups is 2. The lowest BCUT2D eigenvalue weighted by atomic mass is 9.87. The quantitative estimate of drug-likeness (QED) is 0.268. The number of amides is 1. The summed E-state index contributed by atoms with van der Waals surface area (Å²) in [5.74, 6) is -0.502. The number of fused-ring (bicyclic) bond motifs is 1. The fourth-order valence-corrected chi connectivity index (χ4v) is 6.57. The highest BCUT2D eigenvalue weighted by molar-refractivity contribution is 7.90. The first-order valence-electron chi connectivity index (χ1n) is 13.9. The third-order valence-electron chi connectivity index (χ3n) is 7.24. The maximum absolute atomic E-state index is 13.8. The van der Waals surface area contributed by atoms with E-state index in [9.17, 15) is 23.1 Å². The van der Waals surface area contributed by atoms with Crippen molar-refractivity contribution in [3.63, 3.8) is 0 Å². The second-order valence-corrected chi connectivity index (χ2v) is 12.5. The monoisotopic (exact) mass is 587 g/mol. The van der Waals surface area contributed by atoms with Gasteiger partial charge in [0.05, 0.1) is 29.6 Å². The van der Waals surface area contributed by atoms with Gasteiger partial charge in [-0.1, -0.05) is 36.4 Å². The van der Waals surface area contributed by atoms with E-state index < -0.39 is 33.7 Å². The van der Waals surface area contributed by atoms with E-state index in [1.165, 1.54) is 24.3 Å². The molecular formula is C32H33N3O6S. The Morgan fingerprint density at radius 1 is 1.10 bits per heavy atom. The molecule has 2 atom stereocenters. The standard InChI is InChI=1S/C32H33N3O6S/c1-22(36)18-34-32(38)24-9-5-10-25(17-24)42(39,40)20-28-26-11-6-12-29(37)27(26)13-14-30(28)41-31(19-35-16-15-33-21-35)23-7-3-2-4-8-23/h2-5,7-10,13-17,21-22,31,36H,6,11-12,18-20H2,1H3,(H,34,38)/t22-,31+/m0/s1. The van der Waals surface area contributed by atoms with Crippen molar-refractivity contribution >= 4 is 21.5 Å². The maximum atomic E-state index is 13.8. The van der Waals surface area contributed by atoms with E-state index in [0.717, 1.165) is 5.56 Å². The zero-order valence-corrected chi connectivity index (χ0v) is 24.1. The summed E-state index contributed by atoms with van der Waals surface area (Å²) in [5.41, 5.74) is 2.74. The Morgan fingerprint density at radius 3 is 2.64 bits per heavy atom. The number of imidazole rings is 1. The molecule has 0 saturated heterocycles. The van der Waals surface area contributed by atoms with Gasteiger partial charge < -0.3 is 19.7 Å². The normalized spacial score (nSPS) is 14.6. The van der Waals surface area contributed by atoms with Gasteiger partial charge in [0.1, 0.15) is 11.9 Å². The zero-order valence-electron chi connectivity index (χ0n) is 23.3. The zero-order chi connectivity index (χ0) is 29.7. The van der Waals surface area contributed by atoms with Crippen molar-refractivity contribution in [2.24, 2.45) is 0 Å². The van der Waals surface area contributed by atoms with Crippen LogP contribution in [-0.2, 0) is 28.6 Å². The molecule has 5 rings (SSSR count). The summed E-state index contributed by atoms with van der Waals surface area (Å²) in [5, 5.41) is 12.1. The minimum absolute atomic E-state index is 0.0174. The lowest BCUT2D eigenvalue weighted by Gasteiger charge is -2.26. The van der Waals surface area contributed by atoms with Crippen LogP contribution in [0, 0.1) is 0 Å². The van der Waals surface area contributed by atoms with Crippen LogP contribution in [0.1, 0.15) is 63.3 Å². The van der Waals surface area contributed by atoms with Crippen LogP contribution < -0.4 is 10.1 Å². The number of nitrogens with one attached hydrogen (secondary N) is 1. The third kappa shape index (κ3) is 6.78. The van der Waals surface area contributed by atoms with Crippen LogP contribution in [0.3, 0.4) is 0 Å². The van der Waals surface area contributed by atoms with E-state index in [1.807, 2.05) is 41.1 Å². The number of Topliss-reactive ketones (excluding diaryl/α,β-unsaturated/α-hetero) is 1. The smallest absolute Gasteiger partial charge is 0.251 e. The lowest BCUT2D eigenvalue weighted by molar-refractivity contribution is 0.0923. The number of aromatic nitrogens is 2. The fourth-order valence-electron chi connectivity index (χ4n) is 5.11.